The predicted octanol–water partition coefficient (Wildman–Crippen LogP) is 4.24. The molecule has 3 heterocycles. The van der Waals surface area contributed by atoms with Crippen molar-refractivity contribution in [2.75, 3.05) is 5.32 Å². The SMILES string of the molecule is Cc1ccc(-n2nc(C)c3c(Cl)c(C(=O)Nc4cc(C)on4)cnc32)cc1. The van der Waals surface area contributed by atoms with Gasteiger partial charge in [0.05, 0.1) is 27.4 Å². The Balaban J connectivity index is 1.77. The number of benzene rings is 1. The molecule has 136 valence electrons. The van der Waals surface area contributed by atoms with Crippen LogP contribution in [0.2, 0.25) is 5.02 Å². The summed E-state index contributed by atoms with van der Waals surface area (Å²) in [5.74, 6) is 0.506. The lowest BCUT2D eigenvalue weighted by Crippen LogP contribution is -2.13. The summed E-state index contributed by atoms with van der Waals surface area (Å²) in [6.07, 6.45) is 1.44. The van der Waals surface area contributed by atoms with Crippen LogP contribution in [0.1, 0.15) is 27.4 Å². The van der Waals surface area contributed by atoms with Gasteiger partial charge in [0.1, 0.15) is 5.76 Å². The fraction of sp³-hybridized carbons (Fsp3) is 0.158. The molecule has 4 rings (SSSR count). The molecule has 4 aromatic rings. The number of hydrogen-bond donors (Lipinski definition) is 1. The normalized spacial score (nSPS) is 11.1. The highest BCUT2D eigenvalue weighted by Crippen LogP contribution is 2.30. The minimum atomic E-state index is -0.412. The zero-order chi connectivity index (χ0) is 19.1. The van der Waals surface area contributed by atoms with Crippen LogP contribution in [-0.2, 0) is 0 Å². The van der Waals surface area contributed by atoms with Gasteiger partial charge in [0, 0.05) is 12.3 Å². The quantitative estimate of drug-likeness (QED) is 0.573. The molecule has 7 nitrogen and oxygen atoms in total. The fourth-order valence-corrected chi connectivity index (χ4v) is 3.20. The number of nitrogens with zero attached hydrogens (tertiary/aromatic N) is 4. The van der Waals surface area contributed by atoms with Crippen molar-refractivity contribution < 1.29 is 9.32 Å². The van der Waals surface area contributed by atoms with E-state index in [2.05, 4.69) is 20.6 Å². The Bertz CT molecular complexity index is 1160. The smallest absolute Gasteiger partial charge is 0.260 e. The summed E-state index contributed by atoms with van der Waals surface area (Å²) in [4.78, 5) is 17.0. The second-order valence-electron chi connectivity index (χ2n) is 6.29. The van der Waals surface area contributed by atoms with Gasteiger partial charge < -0.3 is 9.84 Å². The van der Waals surface area contributed by atoms with Gasteiger partial charge in [-0.3, -0.25) is 4.79 Å². The molecular weight excluding hydrogens is 366 g/mol. The second kappa shape index (κ2) is 6.51. The summed E-state index contributed by atoms with van der Waals surface area (Å²) >= 11 is 6.54. The first kappa shape index (κ1) is 17.2. The van der Waals surface area contributed by atoms with E-state index in [1.807, 2.05) is 38.1 Å². The molecule has 0 radical (unpaired) electrons. The first-order chi connectivity index (χ1) is 12.9. The number of halogens is 1. The lowest BCUT2D eigenvalue weighted by Gasteiger charge is -2.06. The summed E-state index contributed by atoms with van der Waals surface area (Å²) in [7, 11) is 0. The monoisotopic (exact) mass is 381 g/mol. The Morgan fingerprint density at radius 1 is 1.19 bits per heavy atom. The number of aromatic nitrogens is 4. The number of amides is 1. The molecule has 0 saturated carbocycles. The zero-order valence-electron chi connectivity index (χ0n) is 14.9. The lowest BCUT2D eigenvalue weighted by atomic mass is 10.2. The molecule has 0 atom stereocenters. The van der Waals surface area contributed by atoms with Gasteiger partial charge >= 0.3 is 0 Å². The van der Waals surface area contributed by atoms with Gasteiger partial charge in [0.25, 0.3) is 5.91 Å². The summed E-state index contributed by atoms with van der Waals surface area (Å²) < 4.78 is 6.68. The average Bonchev–Trinajstić information content (AvgIpc) is 3.19. The van der Waals surface area contributed by atoms with E-state index in [1.165, 1.54) is 6.20 Å². The molecule has 0 aliphatic heterocycles. The van der Waals surface area contributed by atoms with E-state index in [4.69, 9.17) is 16.1 Å². The van der Waals surface area contributed by atoms with Crippen molar-refractivity contribution in [1.82, 2.24) is 19.9 Å². The van der Waals surface area contributed by atoms with Gasteiger partial charge in [-0.25, -0.2) is 9.67 Å². The van der Waals surface area contributed by atoms with E-state index in [0.717, 1.165) is 11.3 Å². The van der Waals surface area contributed by atoms with E-state index in [-0.39, 0.29) is 5.56 Å². The maximum atomic E-state index is 12.6. The van der Waals surface area contributed by atoms with Gasteiger partial charge in [-0.15, -0.1) is 0 Å². The van der Waals surface area contributed by atoms with E-state index < -0.39 is 5.91 Å². The highest BCUT2D eigenvalue weighted by Gasteiger charge is 2.20. The minimum Gasteiger partial charge on any atom is -0.360 e. The summed E-state index contributed by atoms with van der Waals surface area (Å²) in [5.41, 5.74) is 3.55. The largest absolute Gasteiger partial charge is 0.360 e. The van der Waals surface area contributed by atoms with Gasteiger partial charge in [0.15, 0.2) is 11.5 Å². The summed E-state index contributed by atoms with van der Waals surface area (Å²) in [5, 5.41) is 11.9. The van der Waals surface area contributed by atoms with E-state index in [0.29, 0.717) is 33.3 Å². The topological polar surface area (TPSA) is 85.8 Å². The standard InChI is InChI=1S/C19H16ClN5O2/c1-10-4-6-13(7-5-10)25-18-16(12(3)23-25)17(20)14(9-21-18)19(26)22-15-8-11(2)27-24-15/h4-9H,1-3H3,(H,22,24,26). The zero-order valence-corrected chi connectivity index (χ0v) is 15.7. The van der Waals surface area contributed by atoms with Crippen LogP contribution in [0.4, 0.5) is 5.82 Å². The number of anilines is 1. The minimum absolute atomic E-state index is 0.247. The Morgan fingerprint density at radius 3 is 2.59 bits per heavy atom. The molecule has 27 heavy (non-hydrogen) atoms. The third-order valence-corrected chi connectivity index (χ3v) is 4.59. The molecule has 0 spiro atoms. The van der Waals surface area contributed by atoms with Crippen molar-refractivity contribution in [2.24, 2.45) is 0 Å². The van der Waals surface area contributed by atoms with Crippen molar-refractivity contribution in [1.29, 1.82) is 0 Å². The van der Waals surface area contributed by atoms with Crippen LogP contribution in [0.3, 0.4) is 0 Å². The fourth-order valence-electron chi connectivity index (χ4n) is 2.84. The van der Waals surface area contributed by atoms with Gasteiger partial charge in [-0.1, -0.05) is 34.5 Å². The predicted molar refractivity (Wildman–Crippen MR) is 103 cm³/mol. The van der Waals surface area contributed by atoms with E-state index in [1.54, 1.807) is 17.7 Å². The molecular formula is C19H16ClN5O2. The molecule has 0 saturated heterocycles. The Labute approximate surface area is 159 Å². The maximum absolute atomic E-state index is 12.6. The van der Waals surface area contributed by atoms with Crippen molar-refractivity contribution in [2.45, 2.75) is 20.8 Å². The lowest BCUT2D eigenvalue weighted by molar-refractivity contribution is 0.102. The molecule has 0 unspecified atom stereocenters. The Morgan fingerprint density at radius 2 is 1.93 bits per heavy atom. The van der Waals surface area contributed by atoms with Gasteiger partial charge in [0.2, 0.25) is 0 Å². The number of fused-ring (bicyclic) bond motifs is 1. The maximum Gasteiger partial charge on any atom is 0.260 e. The van der Waals surface area contributed by atoms with Crippen LogP contribution < -0.4 is 5.32 Å². The van der Waals surface area contributed by atoms with Crippen LogP contribution >= 0.6 is 11.6 Å². The van der Waals surface area contributed by atoms with E-state index in [9.17, 15) is 4.79 Å². The highest BCUT2D eigenvalue weighted by molar-refractivity contribution is 6.39. The van der Waals surface area contributed by atoms with Crippen LogP contribution in [0.5, 0.6) is 0 Å². The number of aryl methyl sites for hydroxylation is 3. The third kappa shape index (κ3) is 3.06. The Hall–Kier alpha value is -3.19. The van der Waals surface area contributed by atoms with Crippen LogP contribution in [0.25, 0.3) is 16.7 Å². The molecule has 1 amide bonds. The molecule has 1 aromatic carbocycles. The van der Waals surface area contributed by atoms with E-state index >= 15 is 0 Å². The third-order valence-electron chi connectivity index (χ3n) is 4.20. The van der Waals surface area contributed by atoms with Gasteiger partial charge in [-0.05, 0) is 32.9 Å². The molecule has 0 aliphatic carbocycles. The number of carbonyl (C=O) groups is 1. The van der Waals surface area contributed by atoms with Crippen molar-refractivity contribution >= 4 is 34.4 Å². The number of rotatable bonds is 3. The van der Waals surface area contributed by atoms with Gasteiger partial charge in [-0.2, -0.15) is 5.10 Å². The summed E-state index contributed by atoms with van der Waals surface area (Å²) in [6.45, 7) is 5.60. The Kier molecular flexibility index (Phi) is 4.16. The molecule has 1 N–H and O–H groups in total. The highest BCUT2D eigenvalue weighted by atomic mass is 35.5. The number of carbonyl (C=O) groups excluding carboxylic acids is 1. The number of nitrogens with one attached hydrogen (secondary N) is 1. The molecule has 0 fully saturated rings. The van der Waals surface area contributed by atoms with Crippen LogP contribution in [0, 0.1) is 20.8 Å². The first-order valence-electron chi connectivity index (χ1n) is 8.29. The first-order valence-corrected chi connectivity index (χ1v) is 8.67. The molecule has 0 aliphatic rings. The number of hydrogen-bond acceptors (Lipinski definition) is 5. The molecule has 3 aromatic heterocycles. The molecule has 0 bridgehead atoms. The second-order valence-corrected chi connectivity index (χ2v) is 6.67. The molecule has 8 heteroatoms. The van der Waals surface area contributed by atoms with Crippen molar-refractivity contribution in [3.63, 3.8) is 0 Å². The summed E-state index contributed by atoms with van der Waals surface area (Å²) in [6, 6.07) is 9.55. The number of pyridine rings is 1. The van der Waals surface area contributed by atoms with Crippen LogP contribution in [0.15, 0.2) is 41.1 Å². The van der Waals surface area contributed by atoms with Crippen molar-refractivity contribution in [3.05, 3.63) is 64.1 Å². The van der Waals surface area contributed by atoms with Crippen LogP contribution in [-0.4, -0.2) is 25.8 Å². The van der Waals surface area contributed by atoms with Crippen molar-refractivity contribution in [3.8, 4) is 5.69 Å². The average molecular weight is 382 g/mol.